The van der Waals surface area contributed by atoms with Gasteiger partial charge in [-0.05, 0) is 13.8 Å². The molecule has 0 spiro atoms. The number of ether oxygens (including phenoxy) is 2. The third-order valence-corrected chi connectivity index (χ3v) is 2.39. The maximum Gasteiger partial charge on any atom is 0.242 e. The summed E-state index contributed by atoms with van der Waals surface area (Å²) >= 11 is 0. The molecule has 0 aliphatic heterocycles. The Balaban J connectivity index is 4.11. The van der Waals surface area contributed by atoms with Gasteiger partial charge in [-0.25, -0.2) is 0 Å². The molecule has 2 amide bonds. The van der Waals surface area contributed by atoms with Crippen molar-refractivity contribution in [3.05, 3.63) is 0 Å². The third-order valence-electron chi connectivity index (χ3n) is 2.39. The molecule has 0 aliphatic carbocycles. The maximum atomic E-state index is 11.9. The zero-order valence-electron chi connectivity index (χ0n) is 11.8. The molecule has 0 aromatic heterocycles. The minimum absolute atomic E-state index is 0.0473. The van der Waals surface area contributed by atoms with Crippen molar-refractivity contribution in [2.75, 3.05) is 52.6 Å². The standard InChI is InChI=1S/C12H25N3O4/c1-3-18-7-5-15(6-8-19-4-2)12(17)10-14-11(16)9-13/h3-10,13H2,1-2H3,(H,14,16). The lowest BCUT2D eigenvalue weighted by molar-refractivity contribution is -0.133. The first-order chi connectivity index (χ1) is 9.15. The van der Waals surface area contributed by atoms with Crippen molar-refractivity contribution in [2.45, 2.75) is 13.8 Å². The van der Waals surface area contributed by atoms with Gasteiger partial charge in [0.05, 0.1) is 26.3 Å². The molecule has 0 aromatic carbocycles. The second-order valence-corrected chi connectivity index (χ2v) is 3.76. The number of carbonyl (C=O) groups is 2. The van der Waals surface area contributed by atoms with Crippen LogP contribution in [0.1, 0.15) is 13.8 Å². The normalized spacial score (nSPS) is 10.3. The van der Waals surface area contributed by atoms with E-state index < -0.39 is 0 Å². The maximum absolute atomic E-state index is 11.9. The zero-order valence-corrected chi connectivity index (χ0v) is 11.8. The van der Waals surface area contributed by atoms with Gasteiger partial charge in [-0.1, -0.05) is 0 Å². The molecule has 3 N–H and O–H groups in total. The van der Waals surface area contributed by atoms with E-state index in [1.165, 1.54) is 0 Å². The van der Waals surface area contributed by atoms with Crippen molar-refractivity contribution in [1.29, 1.82) is 0 Å². The quantitative estimate of drug-likeness (QED) is 0.470. The molecule has 0 saturated heterocycles. The summed E-state index contributed by atoms with van der Waals surface area (Å²) in [5, 5.41) is 2.46. The molecule has 0 saturated carbocycles. The van der Waals surface area contributed by atoms with Crippen LogP contribution in [0.2, 0.25) is 0 Å². The molecule has 0 unspecified atom stereocenters. The van der Waals surface area contributed by atoms with Crippen LogP contribution < -0.4 is 11.1 Å². The highest BCUT2D eigenvalue weighted by molar-refractivity contribution is 5.85. The van der Waals surface area contributed by atoms with Crippen molar-refractivity contribution >= 4 is 11.8 Å². The van der Waals surface area contributed by atoms with E-state index in [1.54, 1.807) is 4.90 Å². The second kappa shape index (κ2) is 11.9. The van der Waals surface area contributed by atoms with Gasteiger partial charge < -0.3 is 25.4 Å². The van der Waals surface area contributed by atoms with Gasteiger partial charge in [0, 0.05) is 26.3 Å². The smallest absolute Gasteiger partial charge is 0.242 e. The van der Waals surface area contributed by atoms with Gasteiger partial charge in [0.25, 0.3) is 0 Å². The molecule has 0 atom stereocenters. The van der Waals surface area contributed by atoms with Gasteiger partial charge in [0.2, 0.25) is 11.8 Å². The monoisotopic (exact) mass is 275 g/mol. The van der Waals surface area contributed by atoms with Crippen molar-refractivity contribution in [3.63, 3.8) is 0 Å². The summed E-state index contributed by atoms with van der Waals surface area (Å²) in [5.74, 6) is -0.510. The molecule has 0 heterocycles. The summed E-state index contributed by atoms with van der Waals surface area (Å²) in [6.07, 6.45) is 0. The fraction of sp³-hybridized carbons (Fsp3) is 0.833. The summed E-state index contributed by atoms with van der Waals surface area (Å²) in [4.78, 5) is 24.5. The van der Waals surface area contributed by atoms with Crippen molar-refractivity contribution in [1.82, 2.24) is 10.2 Å². The third kappa shape index (κ3) is 9.40. The lowest BCUT2D eigenvalue weighted by Crippen LogP contribution is -2.44. The Kier molecular flexibility index (Phi) is 11.1. The van der Waals surface area contributed by atoms with Crippen molar-refractivity contribution < 1.29 is 19.1 Å². The Morgan fingerprint density at radius 1 is 1.11 bits per heavy atom. The Morgan fingerprint density at radius 3 is 2.05 bits per heavy atom. The Hall–Kier alpha value is -1.18. The number of carbonyl (C=O) groups excluding carboxylic acids is 2. The highest BCUT2D eigenvalue weighted by Crippen LogP contribution is 1.92. The first-order valence-electron chi connectivity index (χ1n) is 6.55. The average Bonchev–Trinajstić information content (AvgIpc) is 2.43. The molecule has 0 rings (SSSR count). The molecular weight excluding hydrogens is 250 g/mol. The van der Waals surface area contributed by atoms with Crippen LogP contribution in [0.3, 0.4) is 0 Å². The molecule has 0 fully saturated rings. The number of hydrogen-bond donors (Lipinski definition) is 2. The van der Waals surface area contributed by atoms with E-state index >= 15 is 0 Å². The minimum atomic E-state index is -0.345. The summed E-state index contributed by atoms with van der Waals surface area (Å²) in [7, 11) is 0. The molecule has 112 valence electrons. The molecule has 0 aromatic rings. The minimum Gasteiger partial charge on any atom is -0.380 e. The summed E-state index contributed by atoms with van der Waals surface area (Å²) in [5.41, 5.74) is 5.15. The van der Waals surface area contributed by atoms with Gasteiger partial charge in [-0.3, -0.25) is 9.59 Å². The SMILES string of the molecule is CCOCCN(CCOCC)C(=O)CNC(=O)CN. The van der Waals surface area contributed by atoms with Crippen LogP contribution >= 0.6 is 0 Å². The Bertz CT molecular complexity index is 251. The van der Waals surface area contributed by atoms with Gasteiger partial charge in [-0.2, -0.15) is 0 Å². The van der Waals surface area contributed by atoms with Crippen LogP contribution in [0.4, 0.5) is 0 Å². The van der Waals surface area contributed by atoms with Gasteiger partial charge in [-0.15, -0.1) is 0 Å². The summed E-state index contributed by atoms with van der Waals surface area (Å²) in [6, 6.07) is 0. The fourth-order valence-corrected chi connectivity index (χ4v) is 1.36. The van der Waals surface area contributed by atoms with E-state index in [4.69, 9.17) is 15.2 Å². The summed E-state index contributed by atoms with van der Waals surface area (Å²) in [6.45, 7) is 6.75. The lowest BCUT2D eigenvalue weighted by Gasteiger charge is -2.22. The van der Waals surface area contributed by atoms with Crippen LogP contribution in [0, 0.1) is 0 Å². The predicted octanol–water partition coefficient (Wildman–Crippen LogP) is -1.04. The highest BCUT2D eigenvalue weighted by atomic mass is 16.5. The van der Waals surface area contributed by atoms with E-state index in [1.807, 2.05) is 13.8 Å². The van der Waals surface area contributed by atoms with Crippen molar-refractivity contribution in [3.8, 4) is 0 Å². The second-order valence-electron chi connectivity index (χ2n) is 3.76. The van der Waals surface area contributed by atoms with Crippen LogP contribution in [-0.2, 0) is 19.1 Å². The van der Waals surface area contributed by atoms with Crippen LogP contribution in [0.5, 0.6) is 0 Å². The highest BCUT2D eigenvalue weighted by Gasteiger charge is 2.13. The number of amides is 2. The van der Waals surface area contributed by atoms with E-state index in [2.05, 4.69) is 5.32 Å². The van der Waals surface area contributed by atoms with Gasteiger partial charge >= 0.3 is 0 Å². The van der Waals surface area contributed by atoms with Gasteiger partial charge in [0.1, 0.15) is 0 Å². The molecule has 0 aliphatic rings. The first-order valence-corrected chi connectivity index (χ1v) is 6.55. The van der Waals surface area contributed by atoms with E-state index in [9.17, 15) is 9.59 Å². The summed E-state index contributed by atoms with van der Waals surface area (Å²) < 4.78 is 10.5. The molecule has 7 nitrogen and oxygen atoms in total. The largest absolute Gasteiger partial charge is 0.380 e. The molecule has 0 radical (unpaired) electrons. The Morgan fingerprint density at radius 2 is 1.63 bits per heavy atom. The van der Waals surface area contributed by atoms with E-state index in [-0.39, 0.29) is 24.9 Å². The first kappa shape index (κ1) is 17.8. The number of rotatable bonds is 11. The van der Waals surface area contributed by atoms with E-state index in [0.717, 1.165) is 0 Å². The Labute approximate surface area is 114 Å². The zero-order chi connectivity index (χ0) is 14.5. The van der Waals surface area contributed by atoms with Crippen LogP contribution in [0.25, 0.3) is 0 Å². The average molecular weight is 275 g/mol. The lowest BCUT2D eigenvalue weighted by atomic mass is 10.4. The fourth-order valence-electron chi connectivity index (χ4n) is 1.36. The number of nitrogens with one attached hydrogen (secondary N) is 1. The number of nitrogens with two attached hydrogens (primary N) is 1. The van der Waals surface area contributed by atoms with Crippen LogP contribution in [-0.4, -0.2) is 69.3 Å². The molecule has 7 heteroatoms. The number of hydrogen-bond acceptors (Lipinski definition) is 5. The van der Waals surface area contributed by atoms with E-state index in [0.29, 0.717) is 39.5 Å². The van der Waals surface area contributed by atoms with Crippen LogP contribution in [0.15, 0.2) is 0 Å². The van der Waals surface area contributed by atoms with Crippen molar-refractivity contribution in [2.24, 2.45) is 5.73 Å². The van der Waals surface area contributed by atoms with Gasteiger partial charge in [0.15, 0.2) is 0 Å². The predicted molar refractivity (Wildman–Crippen MR) is 71.6 cm³/mol. The molecule has 19 heavy (non-hydrogen) atoms. The molecule has 0 bridgehead atoms. The molecular formula is C12H25N3O4. The number of nitrogens with zero attached hydrogens (tertiary/aromatic N) is 1. The topological polar surface area (TPSA) is 93.9 Å².